The van der Waals surface area contributed by atoms with E-state index in [1.807, 2.05) is 49.4 Å². The molecule has 2 aliphatic rings. The molecule has 2 aromatic rings. The number of fused-ring (bicyclic) bond motifs is 1. The van der Waals surface area contributed by atoms with Crippen LogP contribution in [0.15, 0.2) is 54.6 Å². The van der Waals surface area contributed by atoms with E-state index in [1.165, 1.54) is 0 Å². The van der Waals surface area contributed by atoms with E-state index in [9.17, 15) is 23.5 Å². The molecule has 1 saturated carbocycles. The number of halogens is 2. The van der Waals surface area contributed by atoms with Crippen molar-refractivity contribution in [1.29, 1.82) is 0 Å². The second-order valence-corrected chi connectivity index (χ2v) is 9.64. The van der Waals surface area contributed by atoms with E-state index in [2.05, 4.69) is 0 Å². The number of carbonyl (C=O) groups excluding carboxylic acids is 2. The van der Waals surface area contributed by atoms with Crippen LogP contribution in [0.1, 0.15) is 62.2 Å². The van der Waals surface area contributed by atoms with Crippen molar-refractivity contribution in [2.45, 2.75) is 76.1 Å². The highest BCUT2D eigenvalue weighted by Crippen LogP contribution is 2.45. The third kappa shape index (κ3) is 5.89. The number of ether oxygens (including phenoxy) is 2. The normalized spacial score (nSPS) is 24.6. The topological polar surface area (TPSA) is 72.8 Å². The molecule has 1 aliphatic heterocycles. The molecule has 1 heterocycles. The SMILES string of the molecule is CCCCC(F)(F)C(O)CC[C@@H]1[C@H]2CC(=O)O[C@H]2C[C@H]1OC(=O)c1ccc(-c2ccccc2)cc1. The molecule has 1 saturated heterocycles. The van der Waals surface area contributed by atoms with Gasteiger partial charge in [0.15, 0.2) is 0 Å². The van der Waals surface area contributed by atoms with Crippen molar-refractivity contribution in [3.8, 4) is 11.1 Å². The van der Waals surface area contributed by atoms with Crippen LogP contribution >= 0.6 is 0 Å². The van der Waals surface area contributed by atoms with Crippen LogP contribution in [0.5, 0.6) is 0 Å². The Labute approximate surface area is 204 Å². The molecule has 35 heavy (non-hydrogen) atoms. The molecule has 2 aromatic carbocycles. The van der Waals surface area contributed by atoms with Crippen LogP contribution in [0.3, 0.4) is 0 Å². The van der Waals surface area contributed by atoms with Crippen molar-refractivity contribution in [1.82, 2.24) is 0 Å². The van der Waals surface area contributed by atoms with Crippen LogP contribution in [-0.2, 0) is 14.3 Å². The Hall–Kier alpha value is -2.80. The maximum Gasteiger partial charge on any atom is 0.338 e. The second-order valence-electron chi connectivity index (χ2n) is 9.64. The van der Waals surface area contributed by atoms with E-state index in [1.54, 1.807) is 12.1 Å². The number of carbonyl (C=O) groups is 2. The monoisotopic (exact) mass is 486 g/mol. The number of aliphatic hydroxyl groups excluding tert-OH is 1. The van der Waals surface area contributed by atoms with Crippen LogP contribution in [0, 0.1) is 11.8 Å². The lowest BCUT2D eigenvalue weighted by atomic mass is 9.86. The number of unbranched alkanes of at least 4 members (excludes halogenated alkanes) is 1. The molecule has 5 nitrogen and oxygen atoms in total. The Balaban J connectivity index is 1.41. The van der Waals surface area contributed by atoms with Crippen LogP contribution in [0.2, 0.25) is 0 Å². The van der Waals surface area contributed by atoms with Gasteiger partial charge in [-0.1, -0.05) is 55.8 Å². The van der Waals surface area contributed by atoms with Gasteiger partial charge >= 0.3 is 11.9 Å². The van der Waals surface area contributed by atoms with Gasteiger partial charge in [0.1, 0.15) is 18.3 Å². The Morgan fingerprint density at radius 3 is 2.51 bits per heavy atom. The van der Waals surface area contributed by atoms with Gasteiger partial charge in [0.05, 0.1) is 12.0 Å². The molecule has 7 heteroatoms. The Morgan fingerprint density at radius 2 is 1.83 bits per heavy atom. The number of aliphatic hydroxyl groups is 1. The summed E-state index contributed by atoms with van der Waals surface area (Å²) in [6, 6.07) is 16.9. The van der Waals surface area contributed by atoms with Crippen molar-refractivity contribution in [3.05, 3.63) is 60.2 Å². The molecule has 1 unspecified atom stereocenters. The molecule has 0 radical (unpaired) electrons. The van der Waals surface area contributed by atoms with Gasteiger partial charge in [-0.3, -0.25) is 4.79 Å². The summed E-state index contributed by atoms with van der Waals surface area (Å²) >= 11 is 0. The first-order valence-corrected chi connectivity index (χ1v) is 12.4. The standard InChI is InChI=1S/C28H32F2O5/c1-2-3-15-28(29,30)25(31)14-13-21-22-16-26(32)34-24(22)17-23(21)35-27(33)20-11-9-19(10-12-20)18-7-5-4-6-8-18/h4-12,21-25,31H,2-3,13-17H2,1H3/t21-,22-,23-,24+,25?/m1/s1. The number of esters is 2. The molecule has 5 atom stereocenters. The average molecular weight is 487 g/mol. The minimum atomic E-state index is -3.16. The molecule has 0 amide bonds. The summed E-state index contributed by atoms with van der Waals surface area (Å²) in [6.07, 6.45) is -1.49. The quantitative estimate of drug-likeness (QED) is 0.430. The lowest BCUT2D eigenvalue weighted by Gasteiger charge is -2.27. The third-order valence-corrected chi connectivity index (χ3v) is 7.27. The van der Waals surface area contributed by atoms with E-state index < -0.39 is 24.1 Å². The summed E-state index contributed by atoms with van der Waals surface area (Å²) in [4.78, 5) is 24.7. The number of hydrogen-bond donors (Lipinski definition) is 1. The highest BCUT2D eigenvalue weighted by Gasteiger charge is 2.52. The summed E-state index contributed by atoms with van der Waals surface area (Å²) < 4.78 is 39.8. The molecular weight excluding hydrogens is 454 g/mol. The Kier molecular flexibility index (Phi) is 7.85. The minimum Gasteiger partial charge on any atom is -0.462 e. The van der Waals surface area contributed by atoms with Gasteiger partial charge in [-0.2, -0.15) is 0 Å². The van der Waals surface area contributed by atoms with Crippen LogP contribution < -0.4 is 0 Å². The predicted molar refractivity (Wildman–Crippen MR) is 127 cm³/mol. The van der Waals surface area contributed by atoms with Gasteiger partial charge in [0.25, 0.3) is 5.92 Å². The first-order chi connectivity index (χ1) is 16.8. The van der Waals surface area contributed by atoms with Gasteiger partial charge in [0.2, 0.25) is 0 Å². The summed E-state index contributed by atoms with van der Waals surface area (Å²) in [5.74, 6) is -4.50. The largest absolute Gasteiger partial charge is 0.462 e. The Morgan fingerprint density at radius 1 is 1.14 bits per heavy atom. The van der Waals surface area contributed by atoms with Gasteiger partial charge in [0, 0.05) is 24.7 Å². The minimum absolute atomic E-state index is 0.126. The molecule has 2 fully saturated rings. The van der Waals surface area contributed by atoms with E-state index in [4.69, 9.17) is 9.47 Å². The number of benzene rings is 2. The average Bonchev–Trinajstić information content (AvgIpc) is 3.37. The molecule has 4 rings (SSSR count). The maximum atomic E-state index is 14.3. The van der Waals surface area contributed by atoms with Crippen molar-refractivity contribution in [2.24, 2.45) is 11.8 Å². The van der Waals surface area contributed by atoms with Crippen LogP contribution in [-0.4, -0.2) is 41.3 Å². The van der Waals surface area contributed by atoms with E-state index in [0.717, 1.165) is 11.1 Å². The van der Waals surface area contributed by atoms with Crippen LogP contribution in [0.25, 0.3) is 11.1 Å². The highest BCUT2D eigenvalue weighted by atomic mass is 19.3. The number of rotatable bonds is 10. The van der Waals surface area contributed by atoms with Gasteiger partial charge in [-0.15, -0.1) is 0 Å². The van der Waals surface area contributed by atoms with E-state index in [0.29, 0.717) is 24.8 Å². The van der Waals surface area contributed by atoms with Crippen molar-refractivity contribution in [2.75, 3.05) is 0 Å². The fraction of sp³-hybridized carbons (Fsp3) is 0.500. The first kappa shape index (κ1) is 25.3. The predicted octanol–water partition coefficient (Wildman–Crippen LogP) is 5.80. The van der Waals surface area contributed by atoms with Gasteiger partial charge < -0.3 is 14.6 Å². The smallest absolute Gasteiger partial charge is 0.338 e. The zero-order valence-electron chi connectivity index (χ0n) is 19.9. The molecular formula is C28H32F2O5. The fourth-order valence-corrected chi connectivity index (χ4v) is 5.27. The van der Waals surface area contributed by atoms with Crippen LogP contribution in [0.4, 0.5) is 8.78 Å². The second kappa shape index (κ2) is 10.9. The highest BCUT2D eigenvalue weighted by molar-refractivity contribution is 5.90. The molecule has 188 valence electrons. The molecule has 1 aliphatic carbocycles. The lowest BCUT2D eigenvalue weighted by Crippen LogP contribution is -2.35. The van der Waals surface area contributed by atoms with Crippen molar-refractivity contribution < 1.29 is 33.0 Å². The molecule has 0 bridgehead atoms. The summed E-state index contributed by atoms with van der Waals surface area (Å²) in [5, 5.41) is 10.2. The molecule has 0 spiro atoms. The van der Waals surface area contributed by atoms with Gasteiger partial charge in [-0.25, -0.2) is 13.6 Å². The Bertz CT molecular complexity index is 1010. The van der Waals surface area contributed by atoms with Crippen molar-refractivity contribution >= 4 is 11.9 Å². The zero-order valence-corrected chi connectivity index (χ0v) is 19.9. The van der Waals surface area contributed by atoms with E-state index in [-0.39, 0.29) is 49.6 Å². The third-order valence-electron chi connectivity index (χ3n) is 7.27. The van der Waals surface area contributed by atoms with Crippen molar-refractivity contribution in [3.63, 3.8) is 0 Å². The lowest BCUT2D eigenvalue weighted by molar-refractivity contribution is -0.142. The number of alkyl halides is 2. The van der Waals surface area contributed by atoms with Gasteiger partial charge in [-0.05, 0) is 42.5 Å². The maximum absolute atomic E-state index is 14.3. The first-order valence-electron chi connectivity index (χ1n) is 12.4. The molecule has 0 aromatic heterocycles. The van der Waals surface area contributed by atoms with E-state index >= 15 is 0 Å². The summed E-state index contributed by atoms with van der Waals surface area (Å²) in [7, 11) is 0. The molecule has 1 N–H and O–H groups in total. The fourth-order valence-electron chi connectivity index (χ4n) is 5.27. The zero-order chi connectivity index (χ0) is 25.0. The number of hydrogen-bond acceptors (Lipinski definition) is 5. The summed E-state index contributed by atoms with van der Waals surface area (Å²) in [5.41, 5.74) is 2.40. The summed E-state index contributed by atoms with van der Waals surface area (Å²) in [6.45, 7) is 1.83.